The van der Waals surface area contributed by atoms with E-state index in [1.54, 1.807) is 20.8 Å². The van der Waals surface area contributed by atoms with Crippen LogP contribution in [0.4, 0.5) is 11.4 Å². The van der Waals surface area contributed by atoms with Gasteiger partial charge >= 0.3 is 5.97 Å². The summed E-state index contributed by atoms with van der Waals surface area (Å²) < 4.78 is 10.3. The van der Waals surface area contributed by atoms with Crippen LogP contribution in [-0.2, 0) is 9.53 Å². The predicted molar refractivity (Wildman–Crippen MR) is 89.9 cm³/mol. The second-order valence-electron chi connectivity index (χ2n) is 5.26. The van der Waals surface area contributed by atoms with Gasteiger partial charge in [-0.15, -0.1) is 0 Å². The number of carbonyl (C=O) groups excluding carboxylic acids is 2. The van der Waals surface area contributed by atoms with Gasteiger partial charge < -0.3 is 14.5 Å². The molecule has 1 aromatic carbocycles. The molecule has 1 aromatic heterocycles. The Morgan fingerprint density at radius 2 is 1.96 bits per heavy atom. The molecule has 0 unspecified atom stereocenters. The molecular formula is C16H15ClN2O6. The largest absolute Gasteiger partial charge is 0.465 e. The van der Waals surface area contributed by atoms with Crippen molar-refractivity contribution in [1.29, 1.82) is 0 Å². The van der Waals surface area contributed by atoms with Crippen LogP contribution in [0.5, 0.6) is 0 Å². The Morgan fingerprint density at radius 3 is 2.52 bits per heavy atom. The number of anilines is 1. The van der Waals surface area contributed by atoms with Crippen molar-refractivity contribution in [3.8, 4) is 0 Å². The molecule has 1 heterocycles. The minimum atomic E-state index is -0.677. The van der Waals surface area contributed by atoms with Gasteiger partial charge in [-0.25, -0.2) is 4.79 Å². The van der Waals surface area contributed by atoms with E-state index < -0.39 is 23.4 Å². The van der Waals surface area contributed by atoms with Gasteiger partial charge in [-0.05, 0) is 32.9 Å². The first-order chi connectivity index (χ1) is 11.7. The van der Waals surface area contributed by atoms with Crippen LogP contribution in [0.15, 0.2) is 22.6 Å². The third-order valence-electron chi connectivity index (χ3n) is 3.53. The maximum Gasteiger partial charge on any atom is 0.342 e. The van der Waals surface area contributed by atoms with E-state index in [2.05, 4.69) is 5.32 Å². The number of carbonyl (C=O) groups is 2. The summed E-state index contributed by atoms with van der Waals surface area (Å²) in [6.07, 6.45) is 0. The number of hydrogen-bond donors (Lipinski definition) is 1. The number of hydrogen-bond acceptors (Lipinski definition) is 6. The molecule has 1 N–H and O–H groups in total. The fraction of sp³-hybridized carbons (Fsp3) is 0.250. The second kappa shape index (κ2) is 7.35. The number of halogens is 1. The van der Waals surface area contributed by atoms with Crippen LogP contribution in [0.1, 0.15) is 27.4 Å². The molecule has 0 fully saturated rings. The Bertz CT molecular complexity index is 859. The summed E-state index contributed by atoms with van der Waals surface area (Å²) in [6, 6.07) is 3.82. The van der Waals surface area contributed by atoms with Crippen molar-refractivity contribution in [3.05, 3.63) is 56.0 Å². The second-order valence-corrected chi connectivity index (χ2v) is 5.67. The number of nitrogens with zero attached hydrogens (tertiary/aromatic N) is 1. The summed E-state index contributed by atoms with van der Waals surface area (Å²) in [5.41, 5.74) is 0.768. The number of rotatable bonds is 5. The smallest absolute Gasteiger partial charge is 0.342 e. The minimum Gasteiger partial charge on any atom is -0.465 e. The lowest BCUT2D eigenvalue weighted by molar-refractivity contribution is -0.384. The third-order valence-corrected chi connectivity index (χ3v) is 3.85. The number of benzene rings is 1. The van der Waals surface area contributed by atoms with Gasteiger partial charge in [0.2, 0.25) is 0 Å². The van der Waals surface area contributed by atoms with E-state index in [1.165, 1.54) is 12.1 Å². The van der Waals surface area contributed by atoms with Crippen molar-refractivity contribution >= 4 is 34.9 Å². The van der Waals surface area contributed by atoms with Crippen molar-refractivity contribution < 1.29 is 23.7 Å². The summed E-state index contributed by atoms with van der Waals surface area (Å²) in [7, 11) is 0. The fourth-order valence-electron chi connectivity index (χ4n) is 2.22. The van der Waals surface area contributed by atoms with E-state index in [0.29, 0.717) is 17.1 Å². The highest BCUT2D eigenvalue weighted by atomic mass is 35.5. The molecule has 0 radical (unpaired) electrons. The SMILES string of the molecule is Cc1oc(C)c(C(=O)OCC(=O)Nc2ccc(Cl)c([N+](=O)[O-])c2)c1C. The van der Waals surface area contributed by atoms with E-state index >= 15 is 0 Å². The van der Waals surface area contributed by atoms with Crippen LogP contribution < -0.4 is 5.32 Å². The van der Waals surface area contributed by atoms with E-state index in [1.807, 2.05) is 0 Å². The molecule has 0 aliphatic heterocycles. The van der Waals surface area contributed by atoms with Crippen LogP contribution >= 0.6 is 11.6 Å². The van der Waals surface area contributed by atoms with Crippen molar-refractivity contribution in [1.82, 2.24) is 0 Å². The summed E-state index contributed by atoms with van der Waals surface area (Å²) >= 11 is 5.70. The van der Waals surface area contributed by atoms with Gasteiger partial charge in [0.05, 0.1) is 4.92 Å². The van der Waals surface area contributed by atoms with Gasteiger partial charge in [0.15, 0.2) is 6.61 Å². The first kappa shape index (κ1) is 18.5. The van der Waals surface area contributed by atoms with Gasteiger partial charge in [-0.1, -0.05) is 11.6 Å². The summed E-state index contributed by atoms with van der Waals surface area (Å²) in [5.74, 6) is -0.305. The van der Waals surface area contributed by atoms with Crippen molar-refractivity contribution in [2.75, 3.05) is 11.9 Å². The number of nitro groups is 1. The summed E-state index contributed by atoms with van der Waals surface area (Å²) in [5, 5.41) is 13.2. The van der Waals surface area contributed by atoms with E-state index in [0.717, 1.165) is 6.07 Å². The Labute approximate surface area is 147 Å². The molecule has 0 bridgehead atoms. The Morgan fingerprint density at radius 1 is 1.28 bits per heavy atom. The first-order valence-electron chi connectivity index (χ1n) is 7.18. The van der Waals surface area contributed by atoms with Gasteiger partial charge in [-0.3, -0.25) is 14.9 Å². The van der Waals surface area contributed by atoms with Gasteiger partial charge in [0, 0.05) is 17.3 Å². The number of esters is 1. The summed E-state index contributed by atoms with van der Waals surface area (Å²) in [4.78, 5) is 34.1. The molecule has 8 nitrogen and oxygen atoms in total. The van der Waals surface area contributed by atoms with Crippen LogP contribution in [-0.4, -0.2) is 23.4 Å². The lowest BCUT2D eigenvalue weighted by Gasteiger charge is -2.07. The minimum absolute atomic E-state index is 0.0456. The molecule has 0 aliphatic rings. The number of aryl methyl sites for hydroxylation is 2. The lowest BCUT2D eigenvalue weighted by atomic mass is 10.1. The predicted octanol–water partition coefficient (Wildman–Crippen LogP) is 3.56. The Kier molecular flexibility index (Phi) is 5.43. The number of ether oxygens (including phenoxy) is 1. The van der Waals surface area contributed by atoms with Crippen molar-refractivity contribution in [3.63, 3.8) is 0 Å². The van der Waals surface area contributed by atoms with E-state index in [-0.39, 0.29) is 22.0 Å². The molecule has 0 saturated carbocycles. The molecule has 0 saturated heterocycles. The zero-order valence-electron chi connectivity index (χ0n) is 13.7. The molecule has 0 aliphatic carbocycles. The molecule has 0 atom stereocenters. The molecule has 2 aromatic rings. The van der Waals surface area contributed by atoms with Crippen molar-refractivity contribution in [2.45, 2.75) is 20.8 Å². The highest BCUT2D eigenvalue weighted by Gasteiger charge is 2.21. The van der Waals surface area contributed by atoms with E-state index in [4.69, 9.17) is 20.8 Å². The Balaban J connectivity index is 2.00. The molecule has 25 heavy (non-hydrogen) atoms. The number of nitro benzene ring substituents is 1. The van der Waals surface area contributed by atoms with Gasteiger partial charge in [0.25, 0.3) is 11.6 Å². The number of amides is 1. The maximum absolute atomic E-state index is 12.1. The quantitative estimate of drug-likeness (QED) is 0.492. The normalized spacial score (nSPS) is 10.4. The highest BCUT2D eigenvalue weighted by Crippen LogP contribution is 2.27. The van der Waals surface area contributed by atoms with E-state index in [9.17, 15) is 19.7 Å². The zero-order chi connectivity index (χ0) is 18.7. The molecule has 132 valence electrons. The fourth-order valence-corrected chi connectivity index (χ4v) is 2.41. The number of furan rings is 1. The number of nitrogens with one attached hydrogen (secondary N) is 1. The van der Waals surface area contributed by atoms with Crippen LogP contribution in [0.2, 0.25) is 5.02 Å². The van der Waals surface area contributed by atoms with Crippen LogP contribution in [0.3, 0.4) is 0 Å². The average molecular weight is 367 g/mol. The van der Waals surface area contributed by atoms with Crippen LogP contribution in [0.25, 0.3) is 0 Å². The van der Waals surface area contributed by atoms with Gasteiger partial charge in [0.1, 0.15) is 22.1 Å². The van der Waals surface area contributed by atoms with Gasteiger partial charge in [-0.2, -0.15) is 0 Å². The molecule has 0 spiro atoms. The molecule has 2 rings (SSSR count). The highest BCUT2D eigenvalue weighted by molar-refractivity contribution is 6.32. The molecular weight excluding hydrogens is 352 g/mol. The van der Waals surface area contributed by atoms with Crippen molar-refractivity contribution in [2.24, 2.45) is 0 Å². The Hall–Kier alpha value is -2.87. The standard InChI is InChI=1S/C16H15ClN2O6/c1-8-9(2)25-10(3)15(8)16(21)24-7-14(20)18-11-4-5-12(17)13(6-11)19(22)23/h4-6H,7H2,1-3H3,(H,18,20). The molecule has 1 amide bonds. The monoisotopic (exact) mass is 366 g/mol. The van der Waals surface area contributed by atoms with Crippen LogP contribution in [0, 0.1) is 30.9 Å². The molecule has 9 heteroatoms. The third kappa shape index (κ3) is 4.16. The summed E-state index contributed by atoms with van der Waals surface area (Å²) in [6.45, 7) is 4.52. The zero-order valence-corrected chi connectivity index (χ0v) is 14.5. The average Bonchev–Trinajstić information content (AvgIpc) is 2.79. The first-order valence-corrected chi connectivity index (χ1v) is 7.56. The lowest BCUT2D eigenvalue weighted by Crippen LogP contribution is -2.21. The topological polar surface area (TPSA) is 112 Å². The maximum atomic E-state index is 12.1.